The third-order valence-electron chi connectivity index (χ3n) is 3.83. The molecule has 0 N–H and O–H groups in total. The van der Waals surface area contributed by atoms with Crippen molar-refractivity contribution in [1.82, 2.24) is 10.1 Å². The Morgan fingerprint density at radius 3 is 2.62 bits per heavy atom. The highest BCUT2D eigenvalue weighted by molar-refractivity contribution is 7.14. The van der Waals surface area contributed by atoms with Crippen LogP contribution in [0.5, 0.6) is 0 Å². The number of aryl methyl sites for hydroxylation is 3. The van der Waals surface area contributed by atoms with Crippen LogP contribution in [0.4, 0.5) is 5.69 Å². The fourth-order valence-corrected chi connectivity index (χ4v) is 3.67. The van der Waals surface area contributed by atoms with Gasteiger partial charge < -0.3 is 9.42 Å². The fraction of sp³-hybridized carbons (Fsp3) is 0.533. The number of carbonyl (C=O) groups is 1. The Bertz CT molecular complexity index is 666. The maximum absolute atomic E-state index is 12.7. The number of thiazole rings is 1. The summed E-state index contributed by atoms with van der Waals surface area (Å²) in [5, 5.41) is 4.98. The van der Waals surface area contributed by atoms with E-state index in [0.717, 1.165) is 34.4 Å². The third-order valence-corrected chi connectivity index (χ3v) is 5.00. The Balaban J connectivity index is 1.85. The molecule has 2 heterocycles. The molecule has 112 valence electrons. The van der Waals surface area contributed by atoms with Crippen LogP contribution in [0.3, 0.4) is 0 Å². The molecule has 0 spiro atoms. The number of aromatic nitrogens is 2. The minimum absolute atomic E-state index is 0.0403. The first-order chi connectivity index (χ1) is 9.97. The number of hydrogen-bond acceptors (Lipinski definition) is 5. The zero-order valence-electron chi connectivity index (χ0n) is 12.8. The minimum atomic E-state index is -0.0403. The minimum Gasteiger partial charge on any atom is -0.359 e. The molecule has 1 aliphatic rings. The van der Waals surface area contributed by atoms with E-state index in [-0.39, 0.29) is 5.91 Å². The number of carbonyl (C=O) groups excluding carboxylic acids is 1. The fourth-order valence-electron chi connectivity index (χ4n) is 2.52. The second-order valence-electron chi connectivity index (χ2n) is 5.71. The molecule has 6 heteroatoms. The predicted octanol–water partition coefficient (Wildman–Crippen LogP) is 3.29. The second-order valence-corrected chi connectivity index (χ2v) is 6.79. The van der Waals surface area contributed by atoms with E-state index in [1.165, 1.54) is 24.2 Å². The molecule has 1 amide bonds. The Labute approximate surface area is 128 Å². The first kappa shape index (κ1) is 14.3. The molecule has 0 atom stereocenters. The number of nitrogens with zero attached hydrogens (tertiary/aromatic N) is 3. The Morgan fingerprint density at radius 1 is 1.33 bits per heavy atom. The summed E-state index contributed by atoms with van der Waals surface area (Å²) in [5.41, 5.74) is 2.29. The molecule has 3 rings (SSSR count). The van der Waals surface area contributed by atoms with Crippen LogP contribution in [-0.2, 0) is 6.42 Å². The van der Waals surface area contributed by atoms with Crippen molar-refractivity contribution >= 4 is 22.9 Å². The van der Waals surface area contributed by atoms with Crippen LogP contribution in [0, 0.1) is 26.7 Å². The highest BCUT2D eigenvalue weighted by atomic mass is 32.1. The Kier molecular flexibility index (Phi) is 3.57. The maximum atomic E-state index is 12.7. The lowest BCUT2D eigenvalue weighted by Crippen LogP contribution is -2.26. The van der Waals surface area contributed by atoms with E-state index in [0.29, 0.717) is 10.6 Å². The molecule has 0 aliphatic heterocycles. The van der Waals surface area contributed by atoms with Crippen LogP contribution < -0.4 is 4.90 Å². The summed E-state index contributed by atoms with van der Waals surface area (Å²) >= 11 is 1.52. The normalized spacial score (nSPS) is 14.5. The van der Waals surface area contributed by atoms with Crippen molar-refractivity contribution in [3.63, 3.8) is 0 Å². The molecule has 2 aromatic heterocycles. The lowest BCUT2D eigenvalue weighted by atomic mass is 10.2. The molecule has 0 unspecified atom stereocenters. The number of rotatable bonds is 4. The molecule has 0 aromatic carbocycles. The van der Waals surface area contributed by atoms with Gasteiger partial charge in [-0.3, -0.25) is 4.79 Å². The average molecular weight is 305 g/mol. The van der Waals surface area contributed by atoms with Crippen LogP contribution in [0.1, 0.15) is 44.7 Å². The molecule has 5 nitrogen and oxygen atoms in total. The van der Waals surface area contributed by atoms with Gasteiger partial charge in [0.05, 0.1) is 10.7 Å². The van der Waals surface area contributed by atoms with Crippen LogP contribution in [0.25, 0.3) is 0 Å². The van der Waals surface area contributed by atoms with Crippen molar-refractivity contribution in [2.24, 2.45) is 5.92 Å². The maximum Gasteiger partial charge on any atom is 0.270 e. The Hall–Kier alpha value is -1.69. The van der Waals surface area contributed by atoms with E-state index in [1.807, 2.05) is 20.8 Å². The highest BCUT2D eigenvalue weighted by Gasteiger charge is 2.27. The summed E-state index contributed by atoms with van der Waals surface area (Å²) in [4.78, 5) is 19.6. The summed E-state index contributed by atoms with van der Waals surface area (Å²) in [5.74, 6) is 1.39. The van der Waals surface area contributed by atoms with Gasteiger partial charge in [0.15, 0.2) is 5.76 Å². The molecular weight excluding hydrogens is 286 g/mol. The SMILES string of the molecule is Cc1nc(CC2CC2)sc1C(=O)N(C)c1c(C)noc1C. The van der Waals surface area contributed by atoms with Gasteiger partial charge in [-0.25, -0.2) is 4.98 Å². The van der Waals surface area contributed by atoms with Crippen molar-refractivity contribution in [2.45, 2.75) is 40.0 Å². The summed E-state index contributed by atoms with van der Waals surface area (Å²) in [7, 11) is 1.76. The number of anilines is 1. The summed E-state index contributed by atoms with van der Waals surface area (Å²) in [6.07, 6.45) is 3.59. The predicted molar refractivity (Wildman–Crippen MR) is 82.0 cm³/mol. The standard InChI is InChI=1S/C15H19N3O2S/c1-8-13(10(3)20-17-8)18(4)15(19)14-9(2)16-12(21-14)7-11-5-6-11/h11H,5-7H2,1-4H3. The summed E-state index contributed by atoms with van der Waals surface area (Å²) < 4.78 is 5.14. The number of hydrogen-bond donors (Lipinski definition) is 0. The average Bonchev–Trinajstić information content (AvgIpc) is 3.08. The second kappa shape index (κ2) is 5.26. The highest BCUT2D eigenvalue weighted by Crippen LogP contribution is 2.35. The lowest BCUT2D eigenvalue weighted by molar-refractivity contribution is 0.0995. The van der Waals surface area contributed by atoms with E-state index in [4.69, 9.17) is 4.52 Å². The van der Waals surface area contributed by atoms with Crippen molar-refractivity contribution in [2.75, 3.05) is 11.9 Å². The summed E-state index contributed by atoms with van der Waals surface area (Å²) in [6, 6.07) is 0. The van der Waals surface area contributed by atoms with Crippen LogP contribution in [-0.4, -0.2) is 23.1 Å². The van der Waals surface area contributed by atoms with Crippen LogP contribution in [0.15, 0.2) is 4.52 Å². The molecule has 21 heavy (non-hydrogen) atoms. The molecule has 1 fully saturated rings. The van der Waals surface area contributed by atoms with Crippen molar-refractivity contribution in [3.8, 4) is 0 Å². The third kappa shape index (κ3) is 2.72. The van der Waals surface area contributed by atoms with Crippen LogP contribution in [0.2, 0.25) is 0 Å². The topological polar surface area (TPSA) is 59.2 Å². The van der Waals surface area contributed by atoms with Gasteiger partial charge in [-0.05, 0) is 39.5 Å². The van der Waals surface area contributed by atoms with Crippen molar-refractivity contribution in [1.29, 1.82) is 0 Å². The van der Waals surface area contributed by atoms with E-state index in [1.54, 1.807) is 11.9 Å². The van der Waals surface area contributed by atoms with Gasteiger partial charge in [0.1, 0.15) is 16.3 Å². The molecule has 0 saturated heterocycles. The van der Waals surface area contributed by atoms with Crippen LogP contribution >= 0.6 is 11.3 Å². The van der Waals surface area contributed by atoms with E-state index in [2.05, 4.69) is 10.1 Å². The van der Waals surface area contributed by atoms with E-state index >= 15 is 0 Å². The van der Waals surface area contributed by atoms with Gasteiger partial charge in [0, 0.05) is 13.5 Å². The first-order valence-electron chi connectivity index (χ1n) is 7.14. The monoisotopic (exact) mass is 305 g/mol. The first-order valence-corrected chi connectivity index (χ1v) is 7.96. The molecule has 1 aliphatic carbocycles. The molecular formula is C15H19N3O2S. The van der Waals surface area contributed by atoms with Gasteiger partial charge in [-0.15, -0.1) is 11.3 Å². The molecule has 1 saturated carbocycles. The zero-order valence-corrected chi connectivity index (χ0v) is 13.6. The number of amides is 1. The van der Waals surface area contributed by atoms with Gasteiger partial charge >= 0.3 is 0 Å². The molecule has 0 radical (unpaired) electrons. The van der Waals surface area contributed by atoms with E-state index in [9.17, 15) is 4.79 Å². The van der Waals surface area contributed by atoms with Crippen molar-refractivity contribution < 1.29 is 9.32 Å². The van der Waals surface area contributed by atoms with Gasteiger partial charge in [0.25, 0.3) is 5.91 Å². The van der Waals surface area contributed by atoms with Gasteiger partial charge in [-0.2, -0.15) is 0 Å². The lowest BCUT2D eigenvalue weighted by Gasteiger charge is -2.15. The van der Waals surface area contributed by atoms with E-state index < -0.39 is 0 Å². The largest absolute Gasteiger partial charge is 0.359 e. The van der Waals surface area contributed by atoms with Gasteiger partial charge in [0.2, 0.25) is 0 Å². The smallest absolute Gasteiger partial charge is 0.270 e. The zero-order chi connectivity index (χ0) is 15.1. The summed E-state index contributed by atoms with van der Waals surface area (Å²) in [6.45, 7) is 5.56. The van der Waals surface area contributed by atoms with Gasteiger partial charge in [-0.1, -0.05) is 5.16 Å². The van der Waals surface area contributed by atoms with Crippen molar-refractivity contribution in [3.05, 3.63) is 27.0 Å². The quantitative estimate of drug-likeness (QED) is 0.869. The molecule has 2 aromatic rings. The Morgan fingerprint density at radius 2 is 2.05 bits per heavy atom. The molecule has 0 bridgehead atoms.